The summed E-state index contributed by atoms with van der Waals surface area (Å²) in [4.78, 5) is 24.5. The van der Waals surface area contributed by atoms with Crippen LogP contribution in [0, 0.1) is 0 Å². The van der Waals surface area contributed by atoms with Crippen LogP contribution in [0.1, 0.15) is 0 Å². The van der Waals surface area contributed by atoms with Crippen molar-refractivity contribution in [3.8, 4) is 0 Å². The number of alkyl halides is 6. The Hall–Kier alpha value is -1.70. The molecular weight excluding hydrogens is 324 g/mol. The summed E-state index contributed by atoms with van der Waals surface area (Å²) in [6.45, 7) is 0. The first-order valence-corrected chi connectivity index (χ1v) is 5.14. The van der Waals surface area contributed by atoms with Crippen LogP contribution >= 0.6 is 11.9 Å². The molecule has 1 aliphatic rings. The molecule has 1 rings (SSSR count). The number of ether oxygens (including phenoxy) is 1. The van der Waals surface area contributed by atoms with Crippen molar-refractivity contribution in [3.05, 3.63) is 0 Å². The van der Waals surface area contributed by atoms with Crippen LogP contribution in [-0.4, -0.2) is 40.1 Å². The molecule has 0 amide bonds. The Balaban J connectivity index is 2.69. The molecule has 7 nitrogen and oxygen atoms in total. The molecule has 0 fully saturated rings. The summed E-state index contributed by atoms with van der Waals surface area (Å²) >= 11 is 0.0905. The normalized spacial score (nSPS) is 19.6. The Bertz CT molecular complexity index is 449. The highest BCUT2D eigenvalue weighted by atomic mass is 32.2. The van der Waals surface area contributed by atoms with Gasteiger partial charge in [0.25, 0.3) is 0 Å². The van der Waals surface area contributed by atoms with E-state index in [2.05, 4.69) is 14.7 Å². The average Bonchev–Trinajstić information content (AvgIpc) is 2.56. The minimum absolute atomic E-state index is 0.0905. The Kier molecular flexibility index (Phi) is 4.38. The lowest BCUT2D eigenvalue weighted by Gasteiger charge is -2.11. The van der Waals surface area contributed by atoms with Gasteiger partial charge in [-0.25, -0.2) is 9.59 Å². The number of halogens is 6. The van der Waals surface area contributed by atoms with Gasteiger partial charge in [0.1, 0.15) is 0 Å². The zero-order chi connectivity index (χ0) is 15.7. The summed E-state index contributed by atoms with van der Waals surface area (Å²) in [7, 11) is 0. The van der Waals surface area contributed by atoms with Crippen LogP contribution in [0.25, 0.3) is 0 Å². The first-order valence-electron chi connectivity index (χ1n) is 4.30. The van der Waals surface area contributed by atoms with E-state index in [1.165, 1.54) is 0 Å². The first-order chi connectivity index (χ1) is 8.91. The van der Waals surface area contributed by atoms with Crippen LogP contribution in [0.5, 0.6) is 0 Å². The van der Waals surface area contributed by atoms with E-state index in [0.717, 1.165) is 0 Å². The maximum Gasteiger partial charge on any atom is 0.493 e. The zero-order valence-corrected chi connectivity index (χ0v) is 9.67. The minimum Gasteiger partial charge on any atom is -0.400 e. The maximum absolute atomic E-state index is 11.9. The molecule has 0 saturated carbocycles. The number of nitrogens with zero attached hydrogens (tertiary/aromatic N) is 2. The molecule has 114 valence electrons. The third-order valence-electron chi connectivity index (χ3n) is 1.45. The standard InChI is InChI=1S/C6H3F6N3O4S/c7-5(8,9)3(16)18-2-1(13)20-15(14-2)19-4(17)6(10,11)12/h1H,13H2. The molecule has 0 aromatic carbocycles. The Morgan fingerprint density at radius 1 is 1.15 bits per heavy atom. The van der Waals surface area contributed by atoms with E-state index in [1.54, 1.807) is 0 Å². The molecule has 0 bridgehead atoms. The van der Waals surface area contributed by atoms with E-state index < -0.39 is 35.6 Å². The molecule has 1 heterocycles. The SMILES string of the molecule is NC1SN(OC(=O)C(F)(F)F)N=C1OC(=O)C(F)(F)F. The number of hydrazone groups is 1. The molecule has 1 unspecified atom stereocenters. The van der Waals surface area contributed by atoms with Crippen molar-refractivity contribution in [2.45, 2.75) is 17.7 Å². The lowest BCUT2D eigenvalue weighted by Crippen LogP contribution is -2.34. The van der Waals surface area contributed by atoms with E-state index in [4.69, 9.17) is 5.73 Å². The molecular formula is C6H3F6N3O4S. The molecule has 1 atom stereocenters. The van der Waals surface area contributed by atoms with Gasteiger partial charge in [-0.15, -0.1) is 0 Å². The van der Waals surface area contributed by atoms with Crippen molar-refractivity contribution in [2.75, 3.05) is 0 Å². The van der Waals surface area contributed by atoms with Crippen LogP contribution in [0.4, 0.5) is 26.3 Å². The predicted octanol–water partition coefficient (Wildman–Crippen LogP) is 0.675. The van der Waals surface area contributed by atoms with Crippen molar-refractivity contribution < 1.29 is 45.5 Å². The van der Waals surface area contributed by atoms with Crippen molar-refractivity contribution in [2.24, 2.45) is 10.8 Å². The quantitative estimate of drug-likeness (QED) is 0.430. The zero-order valence-electron chi connectivity index (χ0n) is 8.86. The van der Waals surface area contributed by atoms with Gasteiger partial charge in [-0.1, -0.05) is 9.68 Å². The molecule has 0 aliphatic carbocycles. The Labute approximate surface area is 109 Å². The van der Waals surface area contributed by atoms with Gasteiger partial charge in [0.05, 0.1) is 0 Å². The van der Waals surface area contributed by atoms with E-state index in [0.29, 0.717) is 0 Å². The fourth-order valence-electron chi connectivity index (χ4n) is 0.699. The van der Waals surface area contributed by atoms with Gasteiger partial charge in [0.2, 0.25) is 5.90 Å². The largest absolute Gasteiger partial charge is 0.493 e. The van der Waals surface area contributed by atoms with Crippen LogP contribution in [-0.2, 0) is 19.2 Å². The van der Waals surface area contributed by atoms with E-state index in [9.17, 15) is 35.9 Å². The summed E-state index contributed by atoms with van der Waals surface area (Å²) in [5.41, 5.74) is 5.12. The van der Waals surface area contributed by atoms with Crippen molar-refractivity contribution in [1.29, 1.82) is 0 Å². The molecule has 1 aliphatic heterocycles. The van der Waals surface area contributed by atoms with Gasteiger partial charge >= 0.3 is 24.3 Å². The van der Waals surface area contributed by atoms with Gasteiger partial charge in [0.15, 0.2) is 5.37 Å². The number of hydrogen-bond donors (Lipinski definition) is 1. The number of carbonyl (C=O) groups is 2. The van der Waals surface area contributed by atoms with Crippen molar-refractivity contribution in [1.82, 2.24) is 4.58 Å². The molecule has 0 aromatic rings. The van der Waals surface area contributed by atoms with Gasteiger partial charge in [-0.3, -0.25) is 0 Å². The number of carbonyl (C=O) groups excluding carboxylic acids is 2. The van der Waals surface area contributed by atoms with Gasteiger partial charge in [0, 0.05) is 11.9 Å². The predicted molar refractivity (Wildman–Crippen MR) is 49.1 cm³/mol. The summed E-state index contributed by atoms with van der Waals surface area (Å²) < 4.78 is 74.7. The summed E-state index contributed by atoms with van der Waals surface area (Å²) in [5, 5.41) is 1.32. The smallest absolute Gasteiger partial charge is 0.400 e. The van der Waals surface area contributed by atoms with Crippen LogP contribution in [0.2, 0.25) is 0 Å². The summed E-state index contributed by atoms with van der Waals surface area (Å²) in [5.74, 6) is -6.41. The third kappa shape index (κ3) is 4.16. The first kappa shape index (κ1) is 16.4. The number of nitrogens with two attached hydrogens (primary N) is 1. The molecule has 0 aromatic heterocycles. The Morgan fingerprint density at radius 2 is 1.65 bits per heavy atom. The average molecular weight is 327 g/mol. The molecule has 0 radical (unpaired) electrons. The van der Waals surface area contributed by atoms with Crippen LogP contribution in [0.15, 0.2) is 5.10 Å². The molecule has 0 spiro atoms. The lowest BCUT2D eigenvalue weighted by molar-refractivity contribution is -0.221. The van der Waals surface area contributed by atoms with E-state index >= 15 is 0 Å². The number of rotatable bonds is 1. The summed E-state index contributed by atoms with van der Waals surface area (Å²) in [6, 6.07) is 0. The fraction of sp³-hybridized carbons (Fsp3) is 0.500. The number of hydrogen-bond acceptors (Lipinski definition) is 8. The van der Waals surface area contributed by atoms with Crippen LogP contribution < -0.4 is 5.73 Å². The summed E-state index contributed by atoms with van der Waals surface area (Å²) in [6.07, 6.45) is -10.7. The highest BCUT2D eigenvalue weighted by Crippen LogP contribution is 2.28. The lowest BCUT2D eigenvalue weighted by atomic mass is 10.6. The third-order valence-corrected chi connectivity index (χ3v) is 2.21. The maximum atomic E-state index is 11.9. The van der Waals surface area contributed by atoms with Gasteiger partial charge in [-0.05, 0) is 0 Å². The topological polar surface area (TPSA) is 94.2 Å². The van der Waals surface area contributed by atoms with E-state index in [1.807, 2.05) is 0 Å². The van der Waals surface area contributed by atoms with Crippen molar-refractivity contribution >= 4 is 29.8 Å². The van der Waals surface area contributed by atoms with E-state index in [-0.39, 0.29) is 16.5 Å². The monoisotopic (exact) mass is 327 g/mol. The number of esters is 1. The van der Waals surface area contributed by atoms with Gasteiger partial charge in [-0.2, -0.15) is 26.3 Å². The molecule has 14 heteroatoms. The molecule has 0 saturated heterocycles. The minimum atomic E-state index is -5.34. The second-order valence-electron chi connectivity index (χ2n) is 2.97. The van der Waals surface area contributed by atoms with Gasteiger partial charge < -0.3 is 15.3 Å². The highest BCUT2D eigenvalue weighted by Gasteiger charge is 2.46. The fourth-order valence-corrected chi connectivity index (χ4v) is 1.32. The van der Waals surface area contributed by atoms with Crippen molar-refractivity contribution in [3.63, 3.8) is 0 Å². The molecule has 20 heavy (non-hydrogen) atoms. The highest BCUT2D eigenvalue weighted by molar-refractivity contribution is 7.98. The van der Waals surface area contributed by atoms with Crippen LogP contribution in [0.3, 0.4) is 0 Å². The second-order valence-corrected chi connectivity index (χ2v) is 4.00. The second kappa shape index (κ2) is 5.35. The molecule has 2 N–H and O–H groups in total. The Morgan fingerprint density at radius 3 is 2.10 bits per heavy atom.